The van der Waals surface area contributed by atoms with Crippen molar-refractivity contribution in [3.05, 3.63) is 0 Å². The Labute approximate surface area is 130 Å². The van der Waals surface area contributed by atoms with Gasteiger partial charge in [0.25, 0.3) is 0 Å². The van der Waals surface area contributed by atoms with Crippen LogP contribution in [0.4, 0.5) is 13.2 Å². The third-order valence-corrected chi connectivity index (χ3v) is 4.53. The van der Waals surface area contributed by atoms with Gasteiger partial charge in [-0.3, -0.25) is 4.79 Å². The lowest BCUT2D eigenvalue weighted by Gasteiger charge is -2.41. The van der Waals surface area contributed by atoms with E-state index in [1.54, 1.807) is 4.90 Å². The summed E-state index contributed by atoms with van der Waals surface area (Å²) in [4.78, 5) is 14.3. The SMILES string of the molecule is CC1CN(C(=O)C2CCCC(C(F)(F)F)C2)C(C)CN1.Cl. The number of hydrogen-bond acceptors (Lipinski definition) is 2. The van der Waals surface area contributed by atoms with E-state index in [9.17, 15) is 18.0 Å². The van der Waals surface area contributed by atoms with Crippen LogP contribution in [0, 0.1) is 11.8 Å². The van der Waals surface area contributed by atoms with Gasteiger partial charge in [-0.2, -0.15) is 13.2 Å². The van der Waals surface area contributed by atoms with E-state index in [-0.39, 0.29) is 43.2 Å². The Kier molecular flexibility index (Phi) is 6.35. The Morgan fingerprint density at radius 1 is 1.24 bits per heavy atom. The van der Waals surface area contributed by atoms with Crippen molar-refractivity contribution in [3.63, 3.8) is 0 Å². The molecule has 3 nitrogen and oxygen atoms in total. The van der Waals surface area contributed by atoms with Gasteiger partial charge in [0.05, 0.1) is 5.92 Å². The molecule has 124 valence electrons. The maximum absolute atomic E-state index is 12.8. The van der Waals surface area contributed by atoms with E-state index >= 15 is 0 Å². The van der Waals surface area contributed by atoms with Crippen molar-refractivity contribution in [2.75, 3.05) is 13.1 Å². The normalized spacial score (nSPS) is 34.2. The number of amides is 1. The topological polar surface area (TPSA) is 32.3 Å². The molecule has 0 spiro atoms. The molecular weight excluding hydrogens is 305 g/mol. The van der Waals surface area contributed by atoms with E-state index in [1.165, 1.54) is 0 Å². The van der Waals surface area contributed by atoms with Crippen LogP contribution in [0.1, 0.15) is 39.5 Å². The van der Waals surface area contributed by atoms with Gasteiger partial charge in [-0.05, 0) is 33.1 Å². The molecule has 0 radical (unpaired) electrons. The predicted octanol–water partition coefficient (Wildman–Crippen LogP) is 2.99. The van der Waals surface area contributed by atoms with Crippen LogP contribution in [0.3, 0.4) is 0 Å². The number of rotatable bonds is 1. The number of nitrogens with zero attached hydrogens (tertiary/aromatic N) is 1. The highest BCUT2D eigenvalue weighted by molar-refractivity contribution is 5.85. The molecule has 7 heteroatoms. The summed E-state index contributed by atoms with van der Waals surface area (Å²) in [6.07, 6.45) is -2.94. The van der Waals surface area contributed by atoms with Crippen molar-refractivity contribution in [2.45, 2.75) is 57.8 Å². The van der Waals surface area contributed by atoms with Gasteiger partial charge in [0.1, 0.15) is 0 Å². The van der Waals surface area contributed by atoms with Crippen LogP contribution in [0.25, 0.3) is 0 Å². The summed E-state index contributed by atoms with van der Waals surface area (Å²) < 4.78 is 38.5. The third-order valence-electron chi connectivity index (χ3n) is 4.53. The second kappa shape index (κ2) is 7.18. The number of hydrogen-bond donors (Lipinski definition) is 1. The van der Waals surface area contributed by atoms with E-state index < -0.39 is 18.0 Å². The lowest BCUT2D eigenvalue weighted by atomic mass is 9.80. The highest BCUT2D eigenvalue weighted by Gasteiger charge is 2.44. The summed E-state index contributed by atoms with van der Waals surface area (Å²) in [6, 6.07) is 0.266. The van der Waals surface area contributed by atoms with E-state index in [0.717, 1.165) is 0 Å². The van der Waals surface area contributed by atoms with Gasteiger partial charge in [0.2, 0.25) is 5.91 Å². The molecular formula is C14H24ClF3N2O. The van der Waals surface area contributed by atoms with E-state index in [4.69, 9.17) is 0 Å². The number of carbonyl (C=O) groups is 1. The fraction of sp³-hybridized carbons (Fsp3) is 0.929. The minimum absolute atomic E-state index is 0. The Bertz CT molecular complexity index is 365. The summed E-state index contributed by atoms with van der Waals surface area (Å²) in [5, 5.41) is 3.28. The molecule has 1 saturated carbocycles. The van der Waals surface area contributed by atoms with Crippen LogP contribution in [0.2, 0.25) is 0 Å². The summed E-state index contributed by atoms with van der Waals surface area (Å²) in [5.41, 5.74) is 0. The largest absolute Gasteiger partial charge is 0.391 e. The standard InChI is InChI=1S/C14H23F3N2O.ClH/c1-9-8-19(10(2)7-18-9)13(20)11-4-3-5-12(6-11)14(15,16)17;/h9-12,18H,3-8H2,1-2H3;1H. The van der Waals surface area contributed by atoms with Gasteiger partial charge < -0.3 is 10.2 Å². The van der Waals surface area contributed by atoms with Gasteiger partial charge in [-0.1, -0.05) is 6.42 Å². The van der Waals surface area contributed by atoms with Gasteiger partial charge in [0, 0.05) is 31.1 Å². The summed E-state index contributed by atoms with van der Waals surface area (Å²) in [6.45, 7) is 5.24. The first-order chi connectivity index (χ1) is 9.29. The molecule has 1 N–H and O–H groups in total. The van der Waals surface area contributed by atoms with Crippen LogP contribution >= 0.6 is 12.4 Å². The molecule has 1 amide bonds. The minimum atomic E-state index is -4.17. The lowest BCUT2D eigenvalue weighted by molar-refractivity contribution is -0.187. The van der Waals surface area contributed by atoms with Crippen LogP contribution < -0.4 is 5.32 Å². The van der Waals surface area contributed by atoms with E-state index in [0.29, 0.717) is 25.9 Å². The van der Waals surface area contributed by atoms with Crippen molar-refractivity contribution in [2.24, 2.45) is 11.8 Å². The van der Waals surface area contributed by atoms with Crippen LogP contribution in [-0.2, 0) is 4.79 Å². The van der Waals surface area contributed by atoms with Gasteiger partial charge in [0.15, 0.2) is 0 Å². The van der Waals surface area contributed by atoms with Gasteiger partial charge >= 0.3 is 6.18 Å². The van der Waals surface area contributed by atoms with Crippen molar-refractivity contribution < 1.29 is 18.0 Å². The fourth-order valence-electron chi connectivity index (χ4n) is 3.27. The fourth-order valence-corrected chi connectivity index (χ4v) is 3.27. The monoisotopic (exact) mass is 328 g/mol. The first kappa shape index (κ1) is 18.6. The Balaban J connectivity index is 0.00000220. The Morgan fingerprint density at radius 2 is 1.90 bits per heavy atom. The molecule has 2 rings (SSSR count). The second-order valence-electron chi connectivity index (χ2n) is 6.25. The Hall–Kier alpha value is -0.490. The predicted molar refractivity (Wildman–Crippen MR) is 77.4 cm³/mol. The summed E-state index contributed by atoms with van der Waals surface area (Å²) in [7, 11) is 0. The molecule has 0 aromatic heterocycles. The van der Waals surface area contributed by atoms with Gasteiger partial charge in [-0.25, -0.2) is 0 Å². The zero-order valence-corrected chi connectivity index (χ0v) is 13.3. The van der Waals surface area contributed by atoms with Crippen LogP contribution in [0.15, 0.2) is 0 Å². The molecule has 0 aromatic carbocycles. The first-order valence-corrected chi connectivity index (χ1v) is 7.39. The molecule has 2 fully saturated rings. The molecule has 1 saturated heterocycles. The second-order valence-corrected chi connectivity index (χ2v) is 6.25. The average Bonchev–Trinajstić information content (AvgIpc) is 2.40. The number of carbonyl (C=O) groups excluding carboxylic acids is 1. The minimum Gasteiger partial charge on any atom is -0.337 e. The molecule has 2 aliphatic rings. The molecule has 4 atom stereocenters. The van der Waals surface area contributed by atoms with Crippen molar-refractivity contribution in [3.8, 4) is 0 Å². The number of halogens is 4. The zero-order valence-electron chi connectivity index (χ0n) is 12.4. The van der Waals surface area contributed by atoms with Crippen LogP contribution in [0.5, 0.6) is 0 Å². The molecule has 1 heterocycles. The molecule has 1 aliphatic heterocycles. The molecule has 0 bridgehead atoms. The maximum atomic E-state index is 12.8. The van der Waals surface area contributed by atoms with E-state index in [1.807, 2.05) is 13.8 Å². The number of nitrogens with one attached hydrogen (secondary N) is 1. The Morgan fingerprint density at radius 3 is 2.52 bits per heavy atom. The number of alkyl halides is 3. The molecule has 1 aliphatic carbocycles. The number of piperazine rings is 1. The zero-order chi connectivity index (χ0) is 14.9. The van der Waals surface area contributed by atoms with Crippen molar-refractivity contribution in [1.29, 1.82) is 0 Å². The highest BCUT2D eigenvalue weighted by Crippen LogP contribution is 2.40. The maximum Gasteiger partial charge on any atom is 0.391 e. The first-order valence-electron chi connectivity index (χ1n) is 7.39. The average molecular weight is 329 g/mol. The smallest absolute Gasteiger partial charge is 0.337 e. The lowest BCUT2D eigenvalue weighted by Crippen LogP contribution is -2.57. The van der Waals surface area contributed by atoms with Crippen molar-refractivity contribution in [1.82, 2.24) is 10.2 Å². The van der Waals surface area contributed by atoms with E-state index in [2.05, 4.69) is 5.32 Å². The van der Waals surface area contributed by atoms with Gasteiger partial charge in [-0.15, -0.1) is 12.4 Å². The highest BCUT2D eigenvalue weighted by atomic mass is 35.5. The summed E-state index contributed by atoms with van der Waals surface area (Å²) in [5.74, 6) is -1.84. The molecule has 0 aromatic rings. The van der Waals surface area contributed by atoms with Crippen molar-refractivity contribution >= 4 is 18.3 Å². The summed E-state index contributed by atoms with van der Waals surface area (Å²) >= 11 is 0. The van der Waals surface area contributed by atoms with Crippen LogP contribution in [-0.4, -0.2) is 42.2 Å². The molecule has 21 heavy (non-hydrogen) atoms. The molecule has 4 unspecified atom stereocenters. The quantitative estimate of drug-likeness (QED) is 0.802. The third kappa shape index (κ3) is 4.49.